The first-order valence-corrected chi connectivity index (χ1v) is 5.57. The van der Waals surface area contributed by atoms with E-state index in [4.69, 9.17) is 22.0 Å². The van der Waals surface area contributed by atoms with Crippen LogP contribution in [0.15, 0.2) is 29.3 Å². The number of guanidine groups is 1. The molecule has 14 heteroatoms. The average molecular weight is 347 g/mol. The van der Waals surface area contributed by atoms with Crippen LogP contribution in [0.4, 0.5) is 18.9 Å². The van der Waals surface area contributed by atoms with Crippen molar-refractivity contribution in [1.29, 1.82) is 10.5 Å². The lowest BCUT2D eigenvalue weighted by Crippen LogP contribution is -2.23. The van der Waals surface area contributed by atoms with Gasteiger partial charge in [0.15, 0.2) is 5.96 Å². The zero-order chi connectivity index (χ0) is 18.6. The summed E-state index contributed by atoms with van der Waals surface area (Å²) in [6.45, 7) is 0. The molecule has 0 atom stereocenters. The van der Waals surface area contributed by atoms with Crippen LogP contribution in [-0.2, 0) is 16.1 Å². The maximum Gasteiger partial charge on any atom is 0.532 e. The van der Waals surface area contributed by atoms with E-state index in [9.17, 15) is 18.1 Å². The number of hydroxylamine groups is 2. The van der Waals surface area contributed by atoms with Crippen molar-refractivity contribution >= 4 is 11.6 Å². The molecule has 6 N–H and O–H groups in total. The van der Waals surface area contributed by atoms with Crippen LogP contribution in [0.2, 0.25) is 0 Å². The number of rotatable bonds is 5. The third-order valence-corrected chi connectivity index (χ3v) is 1.76. The normalized spacial score (nSPS) is 9.04. The van der Waals surface area contributed by atoms with E-state index >= 15 is 0 Å². The molecule has 0 aromatic heterocycles. The maximum atomic E-state index is 12.2. The molecule has 0 unspecified atom stereocenters. The van der Waals surface area contributed by atoms with E-state index in [1.807, 2.05) is 0 Å². The van der Waals surface area contributed by atoms with E-state index in [2.05, 4.69) is 14.9 Å². The summed E-state index contributed by atoms with van der Waals surface area (Å²) in [7, 11) is 0. The maximum absolute atomic E-state index is 12.2. The van der Waals surface area contributed by atoms with Gasteiger partial charge in [0.05, 0.1) is 11.3 Å². The Morgan fingerprint density at radius 1 is 1.21 bits per heavy atom. The summed E-state index contributed by atoms with van der Waals surface area (Å²) in [5.41, 5.74) is 12.4. The smallest absolute Gasteiger partial charge is 0.370 e. The molecule has 0 saturated carbocycles. The molecule has 24 heavy (non-hydrogen) atoms. The molecule has 128 valence electrons. The van der Waals surface area contributed by atoms with E-state index < -0.39 is 16.8 Å². The molecule has 0 heterocycles. The van der Waals surface area contributed by atoms with Crippen molar-refractivity contribution in [3.8, 4) is 12.4 Å². The molecule has 11 nitrogen and oxygen atoms in total. The zero-order valence-corrected chi connectivity index (χ0v) is 11.6. The molecular weight excluding hydrogens is 337 g/mol. The van der Waals surface area contributed by atoms with Gasteiger partial charge < -0.3 is 11.5 Å². The Morgan fingerprint density at radius 3 is 2.17 bits per heavy atom. The summed E-state index contributed by atoms with van der Waals surface area (Å²) in [6.07, 6.45) is -1.84. The van der Waals surface area contributed by atoms with Gasteiger partial charge in [-0.3, -0.25) is 0 Å². The van der Waals surface area contributed by atoms with Crippen LogP contribution in [0, 0.1) is 27.8 Å². The predicted molar refractivity (Wildman–Crippen MR) is 70.2 cm³/mol. The summed E-state index contributed by atoms with van der Waals surface area (Å²) in [6, 6.07) is 4.45. The number of alkyl halides is 3. The quantitative estimate of drug-likeness (QED) is 0.191. The first-order chi connectivity index (χ1) is 11.2. The van der Waals surface area contributed by atoms with E-state index in [1.165, 1.54) is 35.5 Å². The molecule has 0 amide bonds. The summed E-state index contributed by atoms with van der Waals surface area (Å²) in [5, 5.41) is 15.0. The second kappa shape index (κ2) is 9.90. The van der Waals surface area contributed by atoms with Gasteiger partial charge in [-0.2, -0.15) is 23.7 Å². The fourth-order valence-corrected chi connectivity index (χ4v) is 1.03. The third-order valence-electron chi connectivity index (χ3n) is 1.76. The number of hydrogen-bond acceptors (Lipinski definition) is 8. The lowest BCUT2D eigenvalue weighted by Gasteiger charge is -2.06. The van der Waals surface area contributed by atoms with E-state index in [1.54, 1.807) is 0 Å². The van der Waals surface area contributed by atoms with Crippen LogP contribution in [0.5, 0.6) is 0 Å². The second-order valence-electron chi connectivity index (χ2n) is 3.42. The molecule has 1 rings (SSSR count). The molecule has 0 bridgehead atoms. The van der Waals surface area contributed by atoms with Crippen molar-refractivity contribution in [1.82, 2.24) is 11.0 Å². The van der Waals surface area contributed by atoms with Crippen LogP contribution in [0.1, 0.15) is 5.56 Å². The molecule has 0 saturated heterocycles. The second-order valence-corrected chi connectivity index (χ2v) is 3.42. The highest BCUT2D eigenvalue weighted by atomic mass is 19.4. The van der Waals surface area contributed by atoms with Gasteiger partial charge in [-0.15, -0.1) is 0 Å². The van der Waals surface area contributed by atoms with Gasteiger partial charge in [0.25, 0.3) is 0 Å². The van der Waals surface area contributed by atoms with Gasteiger partial charge in [0.2, 0.25) is 12.4 Å². The van der Waals surface area contributed by atoms with E-state index in [-0.39, 0.29) is 11.6 Å². The number of nitrogens with two attached hydrogens (primary N) is 2. The predicted octanol–water partition coefficient (Wildman–Crippen LogP) is 0.210. The highest BCUT2D eigenvalue weighted by Crippen LogP contribution is 2.31. The molecule has 0 aliphatic rings. The van der Waals surface area contributed by atoms with E-state index in [0.29, 0.717) is 0 Å². The minimum absolute atomic E-state index is 0.0832. The first kappa shape index (κ1) is 20.1. The van der Waals surface area contributed by atoms with Crippen LogP contribution in [0.25, 0.3) is 0 Å². The number of halogens is 3. The van der Waals surface area contributed by atoms with Crippen LogP contribution < -0.4 is 22.4 Å². The highest BCUT2D eigenvalue weighted by Gasteiger charge is 2.30. The topological polar surface area (TPSA) is 175 Å². The summed E-state index contributed by atoms with van der Waals surface area (Å²) >= 11 is 0. The Bertz CT molecular complexity index is 641. The average Bonchev–Trinajstić information content (AvgIpc) is 2.50. The summed E-state index contributed by atoms with van der Waals surface area (Å²) in [5.74, 6) is -0.274. The van der Waals surface area contributed by atoms with Gasteiger partial charge in [0.1, 0.15) is 4.91 Å². The fourth-order valence-electron chi connectivity index (χ4n) is 1.03. The fraction of sp³-hybridized carbons (Fsp3) is 0.100. The molecule has 1 aromatic rings. The lowest BCUT2D eigenvalue weighted by atomic mass is 10.2. The summed E-state index contributed by atoms with van der Waals surface area (Å²) < 4.78 is 36.6. The van der Waals surface area contributed by atoms with Crippen LogP contribution in [0.3, 0.4) is 0 Å². The van der Waals surface area contributed by atoms with Gasteiger partial charge in [-0.25, -0.2) is 4.99 Å². The number of aliphatic imine (C=N–C) groups is 1. The van der Waals surface area contributed by atoms with Crippen molar-refractivity contribution in [3.63, 3.8) is 0 Å². The summed E-state index contributed by atoms with van der Waals surface area (Å²) in [4.78, 5) is 21.0. The van der Waals surface area contributed by atoms with Crippen LogP contribution >= 0.6 is 0 Å². The Morgan fingerprint density at radius 2 is 1.75 bits per heavy atom. The van der Waals surface area contributed by atoms with Crippen molar-refractivity contribution in [3.05, 3.63) is 34.7 Å². The standard InChI is InChI=1S/C8H8F3N3.C2H2N5O3/c9-8(10,11)5-2-1-3-6(4-5)14-7(12)13;3-1-5-9-7(8)10-6-2-4/h1-4H,(H4,12,13,14);5-6H/q;+1. The molecule has 0 aliphatic carbocycles. The lowest BCUT2D eigenvalue weighted by molar-refractivity contribution is -0.998. The number of nitrogens with one attached hydrogen (secondary N) is 2. The van der Waals surface area contributed by atoms with Crippen molar-refractivity contribution in [2.24, 2.45) is 16.5 Å². The Kier molecular flexibility index (Phi) is 8.27. The van der Waals surface area contributed by atoms with Gasteiger partial charge >= 0.3 is 11.3 Å². The molecule has 0 fully saturated rings. The van der Waals surface area contributed by atoms with E-state index in [0.717, 1.165) is 12.1 Å². The number of nitrogens with zero attached hydrogens (tertiary/aromatic N) is 4. The number of nitriles is 2. The van der Waals surface area contributed by atoms with Crippen LogP contribution in [-0.4, -0.2) is 11.0 Å². The van der Waals surface area contributed by atoms with Crippen molar-refractivity contribution in [2.45, 2.75) is 6.18 Å². The molecule has 1 aromatic carbocycles. The minimum Gasteiger partial charge on any atom is -0.370 e. The number of benzene rings is 1. The Labute approximate surface area is 132 Å². The Hall–Kier alpha value is -3.94. The van der Waals surface area contributed by atoms with Crippen molar-refractivity contribution < 1.29 is 28.1 Å². The molecule has 0 spiro atoms. The largest absolute Gasteiger partial charge is 0.532 e. The zero-order valence-electron chi connectivity index (χ0n) is 11.6. The van der Waals surface area contributed by atoms with Gasteiger partial charge in [-0.1, -0.05) is 17.0 Å². The third kappa shape index (κ3) is 9.08. The monoisotopic (exact) mass is 347 g/mol. The number of hydrogen-bond donors (Lipinski definition) is 4. The first-order valence-electron chi connectivity index (χ1n) is 5.57. The van der Waals surface area contributed by atoms with Crippen molar-refractivity contribution in [2.75, 3.05) is 0 Å². The minimum atomic E-state index is -4.38. The van der Waals surface area contributed by atoms with Gasteiger partial charge in [-0.05, 0) is 28.1 Å². The highest BCUT2D eigenvalue weighted by molar-refractivity contribution is 5.79. The molecular formula is C10H10F3N8O3+. The Balaban J connectivity index is 0.000000470. The van der Waals surface area contributed by atoms with Gasteiger partial charge in [0, 0.05) is 0 Å². The molecule has 0 radical (unpaired) electrons. The molecule has 0 aliphatic heterocycles. The SMILES string of the molecule is N#CNO[N+](=O)ONC#N.NC(N)=Nc1cccc(C(F)(F)F)c1.